The van der Waals surface area contributed by atoms with E-state index in [0.717, 1.165) is 59.3 Å². The van der Waals surface area contributed by atoms with E-state index in [4.69, 9.17) is 9.47 Å². The first-order valence-electron chi connectivity index (χ1n) is 15.7. The number of methoxy groups -OCH3 is 1. The molecule has 1 aromatic heterocycles. The van der Waals surface area contributed by atoms with Crippen molar-refractivity contribution in [3.8, 4) is 11.5 Å². The Labute approximate surface area is 262 Å². The second kappa shape index (κ2) is 12.4. The summed E-state index contributed by atoms with van der Waals surface area (Å²) in [6, 6.07) is 11.8. The SMILES string of the molecule is C=C[C@H]1CN2CC[C@H]1C[C@H]2[C@H](OC(=O)CN=Cc1cc(C(C)(C)C)cc(C(C)(C)C)c1O)c1ccnc2ccc(OC)cc12. The monoisotopic (exact) mass is 597 g/mol. The smallest absolute Gasteiger partial charge is 0.328 e. The van der Waals surface area contributed by atoms with Crippen LogP contribution in [-0.2, 0) is 20.4 Å². The molecule has 44 heavy (non-hydrogen) atoms. The zero-order valence-electron chi connectivity index (χ0n) is 27.3. The molecular formula is C37H47N3O4. The fraction of sp³-hybridized carbons (Fsp3) is 0.486. The largest absolute Gasteiger partial charge is 0.507 e. The number of aromatic hydroxyl groups is 1. The zero-order valence-corrected chi connectivity index (χ0v) is 27.3. The molecule has 1 N–H and O–H groups in total. The number of pyridine rings is 1. The number of nitrogens with zero attached hydrogens (tertiary/aromatic N) is 3. The fourth-order valence-corrected chi connectivity index (χ4v) is 6.72. The average Bonchev–Trinajstić information content (AvgIpc) is 2.99. The van der Waals surface area contributed by atoms with Crippen molar-refractivity contribution in [2.75, 3.05) is 26.7 Å². The Morgan fingerprint density at radius 1 is 1.16 bits per heavy atom. The lowest BCUT2D eigenvalue weighted by Gasteiger charge is -2.51. The summed E-state index contributed by atoms with van der Waals surface area (Å²) in [4.78, 5) is 25.0. The second-order valence-electron chi connectivity index (χ2n) is 14.4. The summed E-state index contributed by atoms with van der Waals surface area (Å²) in [5.74, 6) is 1.47. The van der Waals surface area contributed by atoms with Crippen molar-refractivity contribution in [1.29, 1.82) is 0 Å². The number of esters is 1. The van der Waals surface area contributed by atoms with E-state index >= 15 is 0 Å². The Kier molecular flexibility index (Phi) is 8.90. The van der Waals surface area contributed by atoms with E-state index in [0.29, 0.717) is 17.4 Å². The number of fused-ring (bicyclic) bond motifs is 4. The molecule has 0 amide bonds. The number of aromatic nitrogens is 1. The molecule has 7 heteroatoms. The molecule has 0 saturated carbocycles. The highest BCUT2D eigenvalue weighted by atomic mass is 16.5. The van der Waals surface area contributed by atoms with Crippen LogP contribution in [0.3, 0.4) is 0 Å². The topological polar surface area (TPSA) is 84.2 Å². The van der Waals surface area contributed by atoms with Gasteiger partial charge in [-0.15, -0.1) is 6.58 Å². The predicted octanol–water partition coefficient (Wildman–Crippen LogP) is 7.14. The molecule has 4 heterocycles. The molecule has 6 rings (SSSR count). The van der Waals surface area contributed by atoms with Crippen LogP contribution < -0.4 is 4.74 Å². The molecule has 0 radical (unpaired) electrons. The number of benzene rings is 2. The third-order valence-corrected chi connectivity index (χ3v) is 9.31. The Hall–Kier alpha value is -3.71. The molecule has 7 nitrogen and oxygen atoms in total. The standard InChI is InChI=1S/C37H47N3O4/c1-9-23-22-40-15-13-24(23)17-32(40)35(28-12-14-39-31-11-10-27(43-8)19-29(28)31)44-33(41)21-38-20-25-16-26(36(2,3)4)18-30(34(25)42)37(5,6)7/h9-12,14,16,18-20,23-24,32,35,42H,1,13,15,17,21-22H2,2-8H3/t23-,24-,32-,35+/m0/s1. The van der Waals surface area contributed by atoms with Crippen molar-refractivity contribution >= 4 is 23.1 Å². The normalized spacial score (nSPS) is 22.7. The lowest BCUT2D eigenvalue weighted by molar-refractivity contribution is -0.155. The van der Waals surface area contributed by atoms with Crippen molar-refractivity contribution in [2.24, 2.45) is 16.8 Å². The highest BCUT2D eigenvalue weighted by molar-refractivity contribution is 5.87. The Morgan fingerprint density at radius 3 is 2.57 bits per heavy atom. The van der Waals surface area contributed by atoms with Gasteiger partial charge >= 0.3 is 5.97 Å². The minimum absolute atomic E-state index is 0.0385. The summed E-state index contributed by atoms with van der Waals surface area (Å²) in [5.41, 5.74) is 3.94. The van der Waals surface area contributed by atoms with Crippen LogP contribution in [0.5, 0.6) is 11.5 Å². The third-order valence-electron chi connectivity index (χ3n) is 9.31. The number of carbonyl (C=O) groups is 1. The molecule has 1 unspecified atom stereocenters. The zero-order chi connectivity index (χ0) is 31.8. The van der Waals surface area contributed by atoms with E-state index in [-0.39, 0.29) is 29.2 Å². The van der Waals surface area contributed by atoms with Gasteiger partial charge in [-0.1, -0.05) is 53.7 Å². The first kappa shape index (κ1) is 31.7. The number of piperidine rings is 3. The molecule has 3 saturated heterocycles. The molecule has 5 atom stereocenters. The number of ether oxygens (including phenoxy) is 2. The minimum atomic E-state index is -0.492. The number of hydrogen-bond donors (Lipinski definition) is 1. The molecule has 234 valence electrons. The summed E-state index contributed by atoms with van der Waals surface area (Å²) in [5, 5.41) is 12.1. The van der Waals surface area contributed by atoms with E-state index in [2.05, 4.69) is 75.1 Å². The number of rotatable bonds is 8. The first-order chi connectivity index (χ1) is 20.8. The van der Waals surface area contributed by atoms with Crippen molar-refractivity contribution in [3.63, 3.8) is 0 Å². The lowest BCUT2D eigenvalue weighted by atomic mass is 9.73. The maximum atomic E-state index is 13.5. The fourth-order valence-electron chi connectivity index (χ4n) is 6.72. The van der Waals surface area contributed by atoms with E-state index in [1.165, 1.54) is 0 Å². The lowest BCUT2D eigenvalue weighted by Crippen LogP contribution is -2.55. The molecule has 3 aliphatic heterocycles. The number of hydrogen-bond acceptors (Lipinski definition) is 7. The van der Waals surface area contributed by atoms with Gasteiger partial charge in [0.05, 0.1) is 18.7 Å². The van der Waals surface area contributed by atoms with Crippen molar-refractivity contribution < 1.29 is 19.4 Å². The predicted molar refractivity (Wildman–Crippen MR) is 177 cm³/mol. The molecule has 0 spiro atoms. The maximum absolute atomic E-state index is 13.5. The van der Waals surface area contributed by atoms with Gasteiger partial charge in [0.1, 0.15) is 24.1 Å². The van der Waals surface area contributed by atoms with Crippen molar-refractivity contribution in [3.05, 3.63) is 77.5 Å². The van der Waals surface area contributed by atoms with Gasteiger partial charge < -0.3 is 14.6 Å². The van der Waals surface area contributed by atoms with Crippen LogP contribution in [0.15, 0.2) is 60.2 Å². The molecule has 0 aliphatic carbocycles. The van der Waals surface area contributed by atoms with Crippen LogP contribution in [0, 0.1) is 11.8 Å². The summed E-state index contributed by atoms with van der Waals surface area (Å²) < 4.78 is 11.9. The van der Waals surface area contributed by atoms with Crippen LogP contribution in [0.2, 0.25) is 0 Å². The summed E-state index contributed by atoms with van der Waals surface area (Å²) >= 11 is 0. The molecule has 3 aromatic rings. The number of aliphatic imine (C=N–C) groups is 1. The van der Waals surface area contributed by atoms with E-state index < -0.39 is 12.1 Å². The van der Waals surface area contributed by atoms with Gasteiger partial charge in [0.25, 0.3) is 0 Å². The van der Waals surface area contributed by atoms with Crippen molar-refractivity contribution in [2.45, 2.75) is 77.4 Å². The maximum Gasteiger partial charge on any atom is 0.328 e. The van der Waals surface area contributed by atoms with Gasteiger partial charge in [-0.25, -0.2) is 0 Å². The highest BCUT2D eigenvalue weighted by Crippen LogP contribution is 2.44. The summed E-state index contributed by atoms with van der Waals surface area (Å²) in [6.07, 6.45) is 7.01. The Balaban J connectivity index is 1.45. The first-order valence-corrected chi connectivity index (χ1v) is 15.7. The van der Waals surface area contributed by atoms with E-state index in [9.17, 15) is 9.90 Å². The van der Waals surface area contributed by atoms with Gasteiger partial charge in [-0.2, -0.15) is 0 Å². The molecule has 2 aromatic carbocycles. The number of phenols is 1. The van der Waals surface area contributed by atoms with Gasteiger partial charge in [-0.05, 0) is 77.9 Å². The van der Waals surface area contributed by atoms with Crippen molar-refractivity contribution in [1.82, 2.24) is 9.88 Å². The van der Waals surface area contributed by atoms with Crippen LogP contribution >= 0.6 is 0 Å². The molecule has 3 fully saturated rings. The van der Waals surface area contributed by atoms with Gasteiger partial charge in [0.15, 0.2) is 0 Å². The van der Waals surface area contributed by atoms with E-state index in [1.807, 2.05) is 30.3 Å². The van der Waals surface area contributed by atoms with Gasteiger partial charge in [0, 0.05) is 41.0 Å². The summed E-state index contributed by atoms with van der Waals surface area (Å²) in [6.45, 7) is 18.5. The van der Waals surface area contributed by atoms with Gasteiger partial charge in [-0.3, -0.25) is 19.7 Å². The minimum Gasteiger partial charge on any atom is -0.507 e. The van der Waals surface area contributed by atoms with Crippen LogP contribution in [0.4, 0.5) is 0 Å². The van der Waals surface area contributed by atoms with Gasteiger partial charge in [0.2, 0.25) is 0 Å². The van der Waals surface area contributed by atoms with E-state index in [1.54, 1.807) is 19.5 Å². The molecule has 2 bridgehead atoms. The second-order valence-corrected chi connectivity index (χ2v) is 14.4. The molecule has 3 aliphatic rings. The Morgan fingerprint density at radius 2 is 1.93 bits per heavy atom. The number of carbonyl (C=O) groups excluding carboxylic acids is 1. The van der Waals surface area contributed by atoms with Crippen LogP contribution in [0.1, 0.15) is 82.7 Å². The third kappa shape index (κ3) is 6.53. The van der Waals surface area contributed by atoms with Crippen LogP contribution in [-0.4, -0.2) is 60.0 Å². The molecular weight excluding hydrogens is 550 g/mol. The summed E-state index contributed by atoms with van der Waals surface area (Å²) in [7, 11) is 1.65. The number of phenolic OH excluding ortho intramolecular Hbond substituents is 1. The van der Waals surface area contributed by atoms with Crippen LogP contribution in [0.25, 0.3) is 10.9 Å². The average molecular weight is 598 g/mol. The quantitative estimate of drug-likeness (QED) is 0.169. The Bertz CT molecular complexity index is 1570. The highest BCUT2D eigenvalue weighted by Gasteiger charge is 2.44.